The van der Waals surface area contributed by atoms with Gasteiger partial charge >= 0.3 is 0 Å². The second-order valence-corrected chi connectivity index (χ2v) is 14.4. The minimum atomic E-state index is 0.00281. The van der Waals surface area contributed by atoms with Gasteiger partial charge in [-0.1, -0.05) is 85.0 Å². The van der Waals surface area contributed by atoms with Gasteiger partial charge in [0.15, 0.2) is 5.49 Å². The summed E-state index contributed by atoms with van der Waals surface area (Å²) in [6.07, 6.45) is 8.56. The molecule has 2 atom stereocenters. The summed E-state index contributed by atoms with van der Waals surface area (Å²) in [5.74, 6) is 0. The van der Waals surface area contributed by atoms with Crippen molar-refractivity contribution in [3.8, 4) is 16.8 Å². The van der Waals surface area contributed by atoms with Crippen molar-refractivity contribution in [1.82, 2.24) is 8.97 Å². The normalized spacial score (nSPS) is 17.1. The quantitative estimate of drug-likeness (QED) is 0.180. The van der Waals surface area contributed by atoms with E-state index in [2.05, 4.69) is 155 Å². The van der Waals surface area contributed by atoms with E-state index in [-0.39, 0.29) is 12.1 Å². The summed E-state index contributed by atoms with van der Waals surface area (Å²) in [6.45, 7) is 0. The molecular weight excluding hydrogens is 617 g/mol. The van der Waals surface area contributed by atoms with Crippen LogP contribution in [0.25, 0.3) is 86.0 Å². The Bertz CT molecular complexity index is 3230. The van der Waals surface area contributed by atoms with Crippen LogP contribution in [0, 0.1) is 0 Å². The van der Waals surface area contributed by atoms with Gasteiger partial charge in [-0.15, -0.1) is 11.3 Å². The summed E-state index contributed by atoms with van der Waals surface area (Å²) in [7, 11) is 0. The molecule has 0 spiro atoms. The van der Waals surface area contributed by atoms with Gasteiger partial charge in [-0.05, 0) is 71.8 Å². The molecule has 0 N–H and O–H groups in total. The van der Waals surface area contributed by atoms with Gasteiger partial charge in [-0.25, -0.2) is 0 Å². The average molecular weight is 643 g/mol. The van der Waals surface area contributed by atoms with Gasteiger partial charge in [0.2, 0.25) is 0 Å². The number of allylic oxidation sites excluding steroid dienone is 2. The van der Waals surface area contributed by atoms with E-state index in [4.69, 9.17) is 9.98 Å². The second-order valence-electron chi connectivity index (χ2n) is 13.3. The average Bonchev–Trinajstić information content (AvgIpc) is 3.89. The molecule has 0 saturated heterocycles. The lowest BCUT2D eigenvalue weighted by Gasteiger charge is -2.18. The smallest absolute Gasteiger partial charge is 0.160 e. The maximum Gasteiger partial charge on any atom is 0.160 e. The molecule has 4 aromatic heterocycles. The number of hydrogen-bond acceptors (Lipinski definition) is 3. The van der Waals surface area contributed by atoms with Crippen molar-refractivity contribution in [1.29, 1.82) is 0 Å². The number of benzene rings is 6. The molecule has 0 bridgehead atoms. The fourth-order valence-electron chi connectivity index (χ4n) is 8.61. The summed E-state index contributed by atoms with van der Waals surface area (Å²) in [6, 6.07) is 44.7. The highest BCUT2D eigenvalue weighted by atomic mass is 32.1. The third-order valence-electron chi connectivity index (χ3n) is 10.7. The van der Waals surface area contributed by atoms with E-state index >= 15 is 0 Å². The monoisotopic (exact) mass is 642 g/mol. The van der Waals surface area contributed by atoms with Crippen molar-refractivity contribution in [3.63, 3.8) is 0 Å². The molecule has 2 aliphatic rings. The van der Waals surface area contributed by atoms with E-state index < -0.39 is 0 Å². The lowest BCUT2D eigenvalue weighted by Crippen LogP contribution is -2.39. The van der Waals surface area contributed by atoms with Crippen LogP contribution in [0.1, 0.15) is 0 Å². The molecule has 1 aliphatic carbocycles. The van der Waals surface area contributed by atoms with Crippen LogP contribution < -0.4 is 10.8 Å². The van der Waals surface area contributed by atoms with Crippen molar-refractivity contribution in [2.45, 2.75) is 12.1 Å². The fourth-order valence-corrected chi connectivity index (χ4v) is 9.69. The molecule has 0 saturated carbocycles. The third kappa shape index (κ3) is 3.37. The zero-order valence-electron chi connectivity index (χ0n) is 26.2. The Morgan fingerprint density at radius 2 is 1.20 bits per heavy atom. The SMILES string of the molecule is C1=CC2N=c3c(n4c5ccc6c(c7ccccc7n6-c6ccccc6)c5c5cc(-c6ccc7sc8ccccc8c7c6)cc3c54)=NC2C=C1. The van der Waals surface area contributed by atoms with Crippen molar-refractivity contribution in [2.24, 2.45) is 9.98 Å². The van der Waals surface area contributed by atoms with E-state index in [1.54, 1.807) is 0 Å². The van der Waals surface area contributed by atoms with Crippen molar-refractivity contribution in [2.75, 3.05) is 0 Å². The highest BCUT2D eigenvalue weighted by Crippen LogP contribution is 2.44. The lowest BCUT2D eigenvalue weighted by atomic mass is 9.97. The number of fused-ring (bicyclic) bond motifs is 14. The topological polar surface area (TPSA) is 34.1 Å². The zero-order chi connectivity index (χ0) is 31.8. The van der Waals surface area contributed by atoms with Gasteiger partial charge in [0.05, 0.1) is 34.2 Å². The van der Waals surface area contributed by atoms with Gasteiger partial charge in [-0.3, -0.25) is 14.4 Å². The molecule has 49 heavy (non-hydrogen) atoms. The third-order valence-corrected chi connectivity index (χ3v) is 11.8. The van der Waals surface area contributed by atoms with Gasteiger partial charge in [0.25, 0.3) is 0 Å². The number of hydrogen-bond donors (Lipinski definition) is 0. The number of para-hydroxylation sites is 2. The van der Waals surface area contributed by atoms with Gasteiger partial charge in [0.1, 0.15) is 5.36 Å². The molecule has 2 unspecified atom stereocenters. The first-order valence-corrected chi connectivity index (χ1v) is 17.6. The van der Waals surface area contributed by atoms with Gasteiger partial charge in [-0.2, -0.15) is 0 Å². The molecular formula is C44H26N4S. The fraction of sp³-hybridized carbons (Fsp3) is 0.0455. The second kappa shape index (κ2) is 9.31. The first-order chi connectivity index (χ1) is 24.3. The highest BCUT2D eigenvalue weighted by Gasteiger charge is 2.27. The van der Waals surface area contributed by atoms with Crippen molar-refractivity contribution < 1.29 is 0 Å². The number of thiophene rings is 1. The van der Waals surface area contributed by atoms with E-state index in [0.29, 0.717) is 0 Å². The standard InChI is InChI=1S/C44H26N4S/c1-2-10-27(11-3-1)47-35-16-8-4-13-29(35)40-36(47)19-20-37-41(40)31-23-26(25-18-21-39-30(22-25)28-12-5-9-17-38(28)49-39)24-32-42-44(48(37)43(31)32)46-34-15-7-6-14-33(34)45-42/h1-24,33-34H. The zero-order valence-corrected chi connectivity index (χ0v) is 27.0. The number of aromatic nitrogens is 2. The van der Waals surface area contributed by atoms with Crippen LogP contribution in [0.4, 0.5) is 0 Å². The predicted molar refractivity (Wildman–Crippen MR) is 204 cm³/mol. The summed E-state index contributed by atoms with van der Waals surface area (Å²) in [5, 5.41) is 9.83. The van der Waals surface area contributed by atoms with E-state index in [9.17, 15) is 0 Å². The Morgan fingerprint density at radius 1 is 0.510 bits per heavy atom. The van der Waals surface area contributed by atoms with Crippen LogP contribution in [-0.2, 0) is 0 Å². The van der Waals surface area contributed by atoms with E-state index in [0.717, 1.165) is 16.5 Å². The summed E-state index contributed by atoms with van der Waals surface area (Å²) in [4.78, 5) is 10.8. The maximum atomic E-state index is 5.40. The number of rotatable bonds is 2. The van der Waals surface area contributed by atoms with Gasteiger partial charge in [0, 0.05) is 52.8 Å². The molecule has 1 aliphatic heterocycles. The van der Waals surface area contributed by atoms with Crippen molar-refractivity contribution in [3.05, 3.63) is 156 Å². The summed E-state index contributed by atoms with van der Waals surface area (Å²) in [5.41, 5.74) is 9.33. The summed E-state index contributed by atoms with van der Waals surface area (Å²) < 4.78 is 7.45. The highest BCUT2D eigenvalue weighted by molar-refractivity contribution is 7.25. The van der Waals surface area contributed by atoms with E-state index in [1.165, 1.54) is 80.3 Å². The minimum Gasteiger partial charge on any atom is -0.309 e. The van der Waals surface area contributed by atoms with Crippen LogP contribution in [0.3, 0.4) is 0 Å². The van der Waals surface area contributed by atoms with Crippen molar-refractivity contribution >= 4 is 80.5 Å². The first kappa shape index (κ1) is 26.0. The molecule has 12 rings (SSSR count). The minimum absolute atomic E-state index is 0.00281. The molecule has 0 fully saturated rings. The Kier molecular flexibility index (Phi) is 4.94. The van der Waals surface area contributed by atoms with Crippen LogP contribution in [0.2, 0.25) is 0 Å². The predicted octanol–water partition coefficient (Wildman–Crippen LogP) is 9.93. The van der Waals surface area contributed by atoms with Crippen LogP contribution in [0.5, 0.6) is 0 Å². The Hall–Kier alpha value is -6.04. The molecule has 4 nitrogen and oxygen atoms in total. The molecule has 5 heteroatoms. The molecule has 6 aromatic carbocycles. The Balaban J connectivity index is 1.27. The lowest BCUT2D eigenvalue weighted by molar-refractivity contribution is 0.639. The van der Waals surface area contributed by atoms with Crippen LogP contribution in [0.15, 0.2) is 156 Å². The maximum absolute atomic E-state index is 5.40. The molecule has 5 heterocycles. The van der Waals surface area contributed by atoms with Crippen LogP contribution in [-0.4, -0.2) is 21.1 Å². The number of nitrogens with zero attached hydrogens (tertiary/aromatic N) is 4. The van der Waals surface area contributed by atoms with Crippen LogP contribution >= 0.6 is 11.3 Å². The first-order valence-electron chi connectivity index (χ1n) is 16.8. The molecule has 228 valence electrons. The Morgan fingerprint density at radius 3 is 2.10 bits per heavy atom. The Labute approximate surface area is 283 Å². The summed E-state index contributed by atoms with van der Waals surface area (Å²) >= 11 is 1.86. The molecule has 0 radical (unpaired) electrons. The molecule has 10 aromatic rings. The molecule has 0 amide bonds. The van der Waals surface area contributed by atoms with Gasteiger partial charge < -0.3 is 4.57 Å². The largest absolute Gasteiger partial charge is 0.309 e. The van der Waals surface area contributed by atoms with E-state index in [1.807, 2.05) is 11.3 Å².